The normalized spacial score (nSPS) is 10.4. The van der Waals surface area contributed by atoms with Crippen LogP contribution in [-0.4, -0.2) is 32.2 Å². The van der Waals surface area contributed by atoms with Crippen molar-refractivity contribution in [1.82, 2.24) is 4.98 Å². The summed E-state index contributed by atoms with van der Waals surface area (Å²) in [7, 11) is 4.52. The van der Waals surface area contributed by atoms with Gasteiger partial charge in [-0.15, -0.1) is 0 Å². The fourth-order valence-corrected chi connectivity index (χ4v) is 2.62. The van der Waals surface area contributed by atoms with Gasteiger partial charge in [-0.05, 0) is 12.1 Å². The summed E-state index contributed by atoms with van der Waals surface area (Å²) in [4.78, 5) is 17.2. The third kappa shape index (κ3) is 3.19. The van der Waals surface area contributed by atoms with Gasteiger partial charge in [0.05, 0.1) is 32.5 Å². The highest BCUT2D eigenvalue weighted by atomic mass is 16.5. The van der Waals surface area contributed by atoms with E-state index < -0.39 is 0 Å². The van der Waals surface area contributed by atoms with Gasteiger partial charge in [0.1, 0.15) is 22.8 Å². The lowest BCUT2D eigenvalue weighted by atomic mass is 10.1. The van der Waals surface area contributed by atoms with Crippen molar-refractivity contribution in [2.24, 2.45) is 0 Å². The molecule has 2 aromatic carbocycles. The fraction of sp³-hybridized carbons (Fsp3) is 0.158. The molecule has 1 heterocycles. The van der Waals surface area contributed by atoms with Crippen LogP contribution in [0.4, 0.5) is 5.69 Å². The molecule has 128 valence electrons. The van der Waals surface area contributed by atoms with Gasteiger partial charge in [-0.3, -0.25) is 9.78 Å². The SMILES string of the molecule is COc1cc(OC)c(C(=O)Nc2cccc3cccnc23)c(OC)c1. The number of hydrogen-bond donors (Lipinski definition) is 1. The summed E-state index contributed by atoms with van der Waals surface area (Å²) in [6.07, 6.45) is 1.69. The predicted octanol–water partition coefficient (Wildman–Crippen LogP) is 3.51. The van der Waals surface area contributed by atoms with Crippen LogP contribution in [0.25, 0.3) is 10.9 Å². The zero-order chi connectivity index (χ0) is 17.8. The lowest BCUT2D eigenvalue weighted by Crippen LogP contribution is -2.15. The Morgan fingerprint density at radius 1 is 0.960 bits per heavy atom. The summed E-state index contributed by atoms with van der Waals surface area (Å²) < 4.78 is 15.9. The van der Waals surface area contributed by atoms with Crippen LogP contribution < -0.4 is 19.5 Å². The van der Waals surface area contributed by atoms with E-state index >= 15 is 0 Å². The number of nitrogens with one attached hydrogen (secondary N) is 1. The molecule has 0 spiro atoms. The first-order valence-corrected chi connectivity index (χ1v) is 7.63. The number of hydrogen-bond acceptors (Lipinski definition) is 5. The Kier molecular flexibility index (Phi) is 4.70. The molecule has 1 N–H and O–H groups in total. The molecule has 1 aromatic heterocycles. The summed E-state index contributed by atoms with van der Waals surface area (Å²) >= 11 is 0. The molecule has 1 amide bonds. The Morgan fingerprint density at radius 2 is 1.64 bits per heavy atom. The van der Waals surface area contributed by atoms with Gasteiger partial charge in [0.2, 0.25) is 0 Å². The number of carbonyl (C=O) groups excluding carboxylic acids is 1. The average Bonchev–Trinajstić information content (AvgIpc) is 2.66. The molecule has 0 radical (unpaired) electrons. The van der Waals surface area contributed by atoms with Gasteiger partial charge in [0, 0.05) is 23.7 Å². The second kappa shape index (κ2) is 7.09. The highest BCUT2D eigenvalue weighted by Crippen LogP contribution is 2.35. The number of carbonyl (C=O) groups is 1. The van der Waals surface area contributed by atoms with E-state index in [1.807, 2.05) is 24.3 Å². The molecule has 0 atom stereocenters. The maximum Gasteiger partial charge on any atom is 0.263 e. The number of nitrogens with zero attached hydrogens (tertiary/aromatic N) is 1. The quantitative estimate of drug-likeness (QED) is 0.771. The van der Waals surface area contributed by atoms with Crippen molar-refractivity contribution >= 4 is 22.5 Å². The minimum Gasteiger partial charge on any atom is -0.496 e. The number of aromatic nitrogens is 1. The first-order valence-electron chi connectivity index (χ1n) is 7.63. The summed E-state index contributed by atoms with van der Waals surface area (Å²) in [5.41, 5.74) is 1.62. The number of para-hydroxylation sites is 1. The summed E-state index contributed by atoms with van der Waals surface area (Å²) in [6.45, 7) is 0. The highest BCUT2D eigenvalue weighted by Gasteiger charge is 2.21. The molecule has 0 saturated heterocycles. The van der Waals surface area contributed by atoms with Gasteiger partial charge >= 0.3 is 0 Å². The smallest absolute Gasteiger partial charge is 0.263 e. The minimum absolute atomic E-state index is 0.290. The van der Waals surface area contributed by atoms with Gasteiger partial charge in [0.15, 0.2) is 0 Å². The third-order valence-corrected chi connectivity index (χ3v) is 3.82. The average molecular weight is 338 g/mol. The number of methoxy groups -OCH3 is 3. The molecule has 0 aliphatic carbocycles. The fourth-order valence-electron chi connectivity index (χ4n) is 2.62. The Morgan fingerprint density at radius 3 is 2.28 bits per heavy atom. The largest absolute Gasteiger partial charge is 0.496 e. The van der Waals surface area contributed by atoms with Gasteiger partial charge in [-0.25, -0.2) is 0 Å². The van der Waals surface area contributed by atoms with E-state index in [-0.39, 0.29) is 5.91 Å². The highest BCUT2D eigenvalue weighted by molar-refractivity contribution is 6.11. The van der Waals surface area contributed by atoms with Crippen LogP contribution in [0.3, 0.4) is 0 Å². The van der Waals surface area contributed by atoms with Gasteiger partial charge in [-0.2, -0.15) is 0 Å². The van der Waals surface area contributed by atoms with Crippen molar-refractivity contribution in [1.29, 1.82) is 0 Å². The van der Waals surface area contributed by atoms with Gasteiger partial charge in [0.25, 0.3) is 5.91 Å². The molecule has 0 saturated carbocycles. The predicted molar refractivity (Wildman–Crippen MR) is 95.8 cm³/mol. The number of rotatable bonds is 5. The second-order valence-electron chi connectivity index (χ2n) is 5.24. The number of amides is 1. The lowest BCUT2D eigenvalue weighted by Gasteiger charge is -2.15. The van der Waals surface area contributed by atoms with E-state index in [4.69, 9.17) is 14.2 Å². The maximum atomic E-state index is 12.9. The second-order valence-corrected chi connectivity index (χ2v) is 5.24. The van der Waals surface area contributed by atoms with E-state index in [0.717, 1.165) is 5.39 Å². The van der Waals surface area contributed by atoms with Gasteiger partial charge < -0.3 is 19.5 Å². The monoisotopic (exact) mass is 338 g/mol. The molecule has 0 aliphatic heterocycles. The number of ether oxygens (including phenoxy) is 3. The van der Waals surface area contributed by atoms with Crippen LogP contribution in [0.15, 0.2) is 48.7 Å². The van der Waals surface area contributed by atoms with Crippen LogP contribution in [0.5, 0.6) is 17.2 Å². The third-order valence-electron chi connectivity index (χ3n) is 3.82. The number of fused-ring (bicyclic) bond motifs is 1. The van der Waals surface area contributed by atoms with E-state index in [1.54, 1.807) is 24.4 Å². The maximum absolute atomic E-state index is 12.9. The van der Waals surface area contributed by atoms with Crippen molar-refractivity contribution in [2.45, 2.75) is 0 Å². The van der Waals surface area contributed by atoms with E-state index in [1.165, 1.54) is 21.3 Å². The van der Waals surface area contributed by atoms with Crippen molar-refractivity contribution in [3.8, 4) is 17.2 Å². The van der Waals surface area contributed by atoms with Crippen LogP contribution in [0, 0.1) is 0 Å². The molecule has 6 nitrogen and oxygen atoms in total. The first kappa shape index (κ1) is 16.6. The Labute approximate surface area is 145 Å². The Balaban J connectivity index is 2.03. The number of benzene rings is 2. The lowest BCUT2D eigenvalue weighted by molar-refractivity contribution is 0.102. The summed E-state index contributed by atoms with van der Waals surface area (Å²) in [5, 5.41) is 3.82. The van der Waals surface area contributed by atoms with Crippen LogP contribution in [0.2, 0.25) is 0 Å². The zero-order valence-electron chi connectivity index (χ0n) is 14.2. The molecule has 3 rings (SSSR count). The number of pyridine rings is 1. The molecule has 0 aliphatic rings. The van der Waals surface area contributed by atoms with Crippen molar-refractivity contribution < 1.29 is 19.0 Å². The van der Waals surface area contributed by atoms with Crippen molar-refractivity contribution in [3.05, 3.63) is 54.2 Å². The standard InChI is InChI=1S/C19H18N2O4/c1-23-13-10-15(24-2)17(16(11-13)25-3)19(22)21-14-8-4-6-12-7-5-9-20-18(12)14/h4-11H,1-3H3,(H,21,22). The number of anilines is 1. The first-order chi connectivity index (χ1) is 12.2. The van der Waals surface area contributed by atoms with E-state index in [0.29, 0.717) is 34.0 Å². The van der Waals surface area contributed by atoms with Gasteiger partial charge in [-0.1, -0.05) is 18.2 Å². The van der Waals surface area contributed by atoms with Crippen molar-refractivity contribution in [3.63, 3.8) is 0 Å². The van der Waals surface area contributed by atoms with Crippen LogP contribution in [0.1, 0.15) is 10.4 Å². The van der Waals surface area contributed by atoms with E-state index in [9.17, 15) is 4.79 Å². The van der Waals surface area contributed by atoms with Crippen molar-refractivity contribution in [2.75, 3.05) is 26.6 Å². The Hall–Kier alpha value is -3.28. The molecule has 0 bridgehead atoms. The molecule has 25 heavy (non-hydrogen) atoms. The van der Waals surface area contributed by atoms with Crippen LogP contribution in [-0.2, 0) is 0 Å². The molecular formula is C19H18N2O4. The molecule has 0 fully saturated rings. The molecular weight excluding hydrogens is 320 g/mol. The Bertz CT molecular complexity index is 894. The summed E-state index contributed by atoms with van der Waals surface area (Å²) in [6, 6.07) is 12.7. The minimum atomic E-state index is -0.352. The topological polar surface area (TPSA) is 69.7 Å². The van der Waals surface area contributed by atoms with E-state index in [2.05, 4.69) is 10.3 Å². The van der Waals surface area contributed by atoms with Crippen LogP contribution >= 0.6 is 0 Å². The molecule has 3 aromatic rings. The summed E-state index contributed by atoms with van der Waals surface area (Å²) in [5.74, 6) is 0.912. The molecule has 0 unspecified atom stereocenters. The zero-order valence-corrected chi connectivity index (χ0v) is 14.2. The molecule has 6 heteroatoms.